The normalized spacial score (nSPS) is 10.5. The summed E-state index contributed by atoms with van der Waals surface area (Å²) in [6.07, 6.45) is 3.51. The number of aromatic nitrogens is 2. The number of benzene rings is 1. The van der Waals surface area contributed by atoms with Gasteiger partial charge in [0.25, 0.3) is 0 Å². The van der Waals surface area contributed by atoms with Gasteiger partial charge in [0.2, 0.25) is 0 Å². The summed E-state index contributed by atoms with van der Waals surface area (Å²) in [7, 11) is 3.28. The third-order valence-electron chi connectivity index (χ3n) is 3.53. The molecule has 24 heavy (non-hydrogen) atoms. The van der Waals surface area contributed by atoms with E-state index in [0.29, 0.717) is 11.5 Å². The van der Waals surface area contributed by atoms with Crippen LogP contribution in [0.4, 0.5) is 0 Å². The number of ether oxygens (including phenoxy) is 2. The molecule has 0 aliphatic heterocycles. The highest BCUT2D eigenvalue weighted by Gasteiger charge is 2.15. The van der Waals surface area contributed by atoms with E-state index >= 15 is 0 Å². The van der Waals surface area contributed by atoms with Crippen molar-refractivity contribution in [2.75, 3.05) is 14.2 Å². The van der Waals surface area contributed by atoms with Crippen molar-refractivity contribution in [2.45, 2.75) is 0 Å². The van der Waals surface area contributed by atoms with Gasteiger partial charge in [-0.3, -0.25) is 9.97 Å². The highest BCUT2D eigenvalue weighted by atomic mass is 79.9. The molecule has 0 unspecified atom stereocenters. The Morgan fingerprint density at radius 1 is 0.708 bits per heavy atom. The van der Waals surface area contributed by atoms with Crippen LogP contribution in [0, 0.1) is 0 Å². The van der Waals surface area contributed by atoms with Crippen molar-refractivity contribution in [3.8, 4) is 34.0 Å². The van der Waals surface area contributed by atoms with Crippen LogP contribution in [0.3, 0.4) is 0 Å². The van der Waals surface area contributed by atoms with Crippen molar-refractivity contribution in [3.05, 3.63) is 57.7 Å². The molecule has 0 bridgehead atoms. The average Bonchev–Trinajstić information content (AvgIpc) is 2.62. The molecule has 0 saturated heterocycles. The summed E-state index contributed by atoms with van der Waals surface area (Å²) in [6.45, 7) is 0. The number of hydrogen-bond acceptors (Lipinski definition) is 4. The van der Waals surface area contributed by atoms with Crippen LogP contribution in [0.5, 0.6) is 11.5 Å². The van der Waals surface area contributed by atoms with Crippen molar-refractivity contribution < 1.29 is 9.47 Å². The quantitative estimate of drug-likeness (QED) is 0.538. The fourth-order valence-corrected chi connectivity index (χ4v) is 2.84. The smallest absolute Gasteiger partial charge is 0.129 e. The minimum Gasteiger partial charge on any atom is -0.496 e. The minimum atomic E-state index is 0.713. The third-order valence-corrected chi connectivity index (χ3v) is 4.47. The molecule has 0 atom stereocenters. The molecule has 0 fully saturated rings. The second-order valence-corrected chi connectivity index (χ2v) is 6.81. The standard InChI is InChI=1S/C18H14Br2N2O2/c1-23-17-7-14(16-6-4-12(20)10-22-16)18(24-2)8-13(17)15-5-3-11(19)9-21-15/h3-10H,1-2H3. The molecule has 0 saturated carbocycles. The molecule has 0 aliphatic rings. The summed E-state index contributed by atoms with van der Waals surface area (Å²) in [6, 6.07) is 11.6. The van der Waals surface area contributed by atoms with Gasteiger partial charge in [-0.05, 0) is 68.3 Å². The molecule has 6 heteroatoms. The molecule has 0 spiro atoms. The van der Waals surface area contributed by atoms with Gasteiger partial charge >= 0.3 is 0 Å². The van der Waals surface area contributed by atoms with Gasteiger partial charge in [-0.2, -0.15) is 0 Å². The van der Waals surface area contributed by atoms with Gasteiger partial charge in [-0.25, -0.2) is 0 Å². The molecular formula is C18H14Br2N2O2. The molecule has 4 nitrogen and oxygen atoms in total. The topological polar surface area (TPSA) is 44.2 Å². The van der Waals surface area contributed by atoms with E-state index in [1.807, 2.05) is 36.4 Å². The summed E-state index contributed by atoms with van der Waals surface area (Å²) < 4.78 is 13.0. The van der Waals surface area contributed by atoms with Crippen LogP contribution in [0.15, 0.2) is 57.7 Å². The first kappa shape index (κ1) is 16.9. The van der Waals surface area contributed by atoms with Crippen molar-refractivity contribution >= 4 is 31.9 Å². The zero-order valence-electron chi connectivity index (χ0n) is 13.1. The van der Waals surface area contributed by atoms with Crippen molar-refractivity contribution in [1.29, 1.82) is 0 Å². The summed E-state index contributed by atoms with van der Waals surface area (Å²) in [5.41, 5.74) is 3.35. The van der Waals surface area contributed by atoms with Gasteiger partial charge in [0.05, 0.1) is 25.6 Å². The Bertz CT molecular complexity index is 777. The number of rotatable bonds is 4. The highest BCUT2D eigenvalue weighted by Crippen LogP contribution is 2.39. The van der Waals surface area contributed by atoms with Crippen molar-refractivity contribution in [1.82, 2.24) is 9.97 Å². The molecule has 2 aromatic heterocycles. The number of halogens is 2. The van der Waals surface area contributed by atoms with E-state index in [0.717, 1.165) is 31.5 Å². The summed E-state index contributed by atoms with van der Waals surface area (Å²) in [4.78, 5) is 8.88. The zero-order valence-corrected chi connectivity index (χ0v) is 16.3. The fourth-order valence-electron chi connectivity index (χ4n) is 2.37. The molecular weight excluding hydrogens is 436 g/mol. The van der Waals surface area contributed by atoms with Gasteiger partial charge in [-0.1, -0.05) is 0 Å². The lowest BCUT2D eigenvalue weighted by Crippen LogP contribution is -1.96. The molecule has 3 aromatic rings. The van der Waals surface area contributed by atoms with Gasteiger partial charge in [0.1, 0.15) is 11.5 Å². The fraction of sp³-hybridized carbons (Fsp3) is 0.111. The number of methoxy groups -OCH3 is 2. The van der Waals surface area contributed by atoms with Crippen LogP contribution in [-0.2, 0) is 0 Å². The van der Waals surface area contributed by atoms with Crippen LogP contribution in [0.1, 0.15) is 0 Å². The van der Waals surface area contributed by atoms with E-state index in [4.69, 9.17) is 9.47 Å². The van der Waals surface area contributed by atoms with Crippen LogP contribution < -0.4 is 9.47 Å². The minimum absolute atomic E-state index is 0.713. The molecule has 2 heterocycles. The Morgan fingerprint density at radius 3 is 1.42 bits per heavy atom. The Morgan fingerprint density at radius 2 is 1.12 bits per heavy atom. The Balaban J connectivity index is 2.16. The summed E-state index contributed by atoms with van der Waals surface area (Å²) in [5.74, 6) is 1.43. The molecule has 3 rings (SSSR count). The predicted molar refractivity (Wildman–Crippen MR) is 101 cm³/mol. The van der Waals surface area contributed by atoms with E-state index in [1.165, 1.54) is 0 Å². The Labute approximate surface area is 157 Å². The summed E-state index contributed by atoms with van der Waals surface area (Å²) in [5, 5.41) is 0. The molecule has 0 N–H and O–H groups in total. The highest BCUT2D eigenvalue weighted by molar-refractivity contribution is 9.10. The van der Waals surface area contributed by atoms with Crippen LogP contribution >= 0.6 is 31.9 Å². The van der Waals surface area contributed by atoms with Crippen LogP contribution in [-0.4, -0.2) is 24.2 Å². The number of pyridine rings is 2. The maximum Gasteiger partial charge on any atom is 0.129 e. The predicted octanol–water partition coefficient (Wildman–Crippen LogP) is 5.35. The SMILES string of the molecule is COc1cc(-c2ccc(Br)cn2)c(OC)cc1-c1ccc(Br)cn1. The third kappa shape index (κ3) is 3.44. The maximum atomic E-state index is 5.57. The van der Waals surface area contributed by atoms with Crippen LogP contribution in [0.2, 0.25) is 0 Å². The first-order valence-electron chi connectivity index (χ1n) is 7.12. The first-order chi connectivity index (χ1) is 11.6. The van der Waals surface area contributed by atoms with Gasteiger partial charge < -0.3 is 9.47 Å². The molecule has 0 radical (unpaired) electrons. The number of nitrogens with zero attached hydrogens (tertiary/aromatic N) is 2. The molecule has 0 aliphatic carbocycles. The van der Waals surface area contributed by atoms with Gasteiger partial charge in [-0.15, -0.1) is 0 Å². The number of hydrogen-bond donors (Lipinski definition) is 0. The van der Waals surface area contributed by atoms with E-state index in [2.05, 4.69) is 41.8 Å². The van der Waals surface area contributed by atoms with Crippen LogP contribution in [0.25, 0.3) is 22.5 Å². The summed E-state index contributed by atoms with van der Waals surface area (Å²) >= 11 is 6.80. The van der Waals surface area contributed by atoms with E-state index < -0.39 is 0 Å². The van der Waals surface area contributed by atoms with Gasteiger partial charge in [0, 0.05) is 32.5 Å². The Hall–Kier alpha value is -1.92. The van der Waals surface area contributed by atoms with Crippen molar-refractivity contribution in [2.24, 2.45) is 0 Å². The lowest BCUT2D eigenvalue weighted by Gasteiger charge is -2.14. The van der Waals surface area contributed by atoms with Gasteiger partial charge in [0.15, 0.2) is 0 Å². The molecule has 0 amide bonds. The zero-order chi connectivity index (χ0) is 17.1. The Kier molecular flexibility index (Phi) is 5.16. The lowest BCUT2D eigenvalue weighted by molar-refractivity contribution is 0.405. The van der Waals surface area contributed by atoms with Crippen molar-refractivity contribution in [3.63, 3.8) is 0 Å². The van der Waals surface area contributed by atoms with E-state index in [1.54, 1.807) is 26.6 Å². The molecule has 122 valence electrons. The lowest BCUT2D eigenvalue weighted by atomic mass is 10.0. The van der Waals surface area contributed by atoms with E-state index in [9.17, 15) is 0 Å². The molecule has 1 aromatic carbocycles. The monoisotopic (exact) mass is 448 g/mol. The second-order valence-electron chi connectivity index (χ2n) is 4.98. The second kappa shape index (κ2) is 7.32. The van der Waals surface area contributed by atoms with E-state index in [-0.39, 0.29) is 0 Å². The first-order valence-corrected chi connectivity index (χ1v) is 8.71. The average molecular weight is 450 g/mol. The largest absolute Gasteiger partial charge is 0.496 e. The maximum absolute atomic E-state index is 5.57.